The molecule has 0 radical (unpaired) electrons. The third kappa shape index (κ3) is 4.70. The maximum absolute atomic E-state index is 13.8. The largest absolute Gasteiger partial charge is 0.346 e. The molecular weight excluding hydrogens is 339 g/mol. The van der Waals surface area contributed by atoms with E-state index in [2.05, 4.69) is 43.2 Å². The first-order chi connectivity index (χ1) is 12.9. The highest BCUT2D eigenvalue weighted by Crippen LogP contribution is 2.23. The average Bonchev–Trinajstić information content (AvgIpc) is 2.61. The lowest BCUT2D eigenvalue weighted by Crippen LogP contribution is -2.48. The number of para-hydroxylation sites is 1. The minimum Gasteiger partial charge on any atom is -0.346 e. The van der Waals surface area contributed by atoms with Crippen molar-refractivity contribution >= 4 is 16.8 Å². The molecule has 1 amide bonds. The van der Waals surface area contributed by atoms with Gasteiger partial charge in [0, 0.05) is 17.1 Å². The summed E-state index contributed by atoms with van der Waals surface area (Å²) in [4.78, 5) is 17.1. The summed E-state index contributed by atoms with van der Waals surface area (Å²) < 4.78 is 13.8. The summed E-state index contributed by atoms with van der Waals surface area (Å²) in [6.45, 7) is 6.37. The quantitative estimate of drug-likeness (QED) is 0.657. The molecule has 4 heteroatoms. The van der Waals surface area contributed by atoms with E-state index in [0.29, 0.717) is 16.9 Å². The Balaban J connectivity index is 1.85. The summed E-state index contributed by atoms with van der Waals surface area (Å²) in [7, 11) is 0. The number of pyridine rings is 1. The first-order valence-corrected chi connectivity index (χ1v) is 9.27. The smallest absolute Gasteiger partial charge is 0.253 e. The van der Waals surface area contributed by atoms with E-state index in [1.807, 2.05) is 18.2 Å². The lowest BCUT2D eigenvalue weighted by atomic mass is 9.84. The number of hydrogen-bond acceptors (Lipinski definition) is 2. The number of halogens is 1. The van der Waals surface area contributed by atoms with Crippen LogP contribution in [0.2, 0.25) is 0 Å². The van der Waals surface area contributed by atoms with Crippen molar-refractivity contribution in [3.05, 3.63) is 77.7 Å². The van der Waals surface area contributed by atoms with Crippen LogP contribution in [-0.2, 0) is 6.42 Å². The van der Waals surface area contributed by atoms with Gasteiger partial charge in [-0.25, -0.2) is 4.39 Å². The fourth-order valence-corrected chi connectivity index (χ4v) is 3.71. The van der Waals surface area contributed by atoms with Gasteiger partial charge in [0.05, 0.1) is 5.56 Å². The molecule has 140 valence electrons. The van der Waals surface area contributed by atoms with Crippen LogP contribution in [0.4, 0.5) is 4.39 Å². The Morgan fingerprint density at radius 3 is 2.59 bits per heavy atom. The van der Waals surface area contributed by atoms with Crippen LogP contribution in [-0.4, -0.2) is 16.4 Å². The van der Waals surface area contributed by atoms with E-state index in [0.717, 1.165) is 12.8 Å². The summed E-state index contributed by atoms with van der Waals surface area (Å²) in [5, 5.41) is 3.82. The van der Waals surface area contributed by atoms with Gasteiger partial charge in [0.1, 0.15) is 11.3 Å². The van der Waals surface area contributed by atoms with Crippen molar-refractivity contribution in [3.8, 4) is 0 Å². The lowest BCUT2D eigenvalue weighted by Gasteiger charge is -2.33. The third-order valence-corrected chi connectivity index (χ3v) is 4.64. The van der Waals surface area contributed by atoms with E-state index in [-0.39, 0.29) is 22.8 Å². The summed E-state index contributed by atoms with van der Waals surface area (Å²) in [5.41, 5.74) is 1.52. The molecule has 1 aromatic heterocycles. The first kappa shape index (κ1) is 19.0. The molecule has 1 atom stereocenters. The lowest BCUT2D eigenvalue weighted by molar-refractivity contribution is 0.0894. The fourth-order valence-electron chi connectivity index (χ4n) is 3.71. The maximum Gasteiger partial charge on any atom is 0.253 e. The number of nitrogens with one attached hydrogen (secondary N) is 1. The predicted octanol–water partition coefficient (Wildman–Crippen LogP) is 5.15. The minimum atomic E-state index is -0.385. The summed E-state index contributed by atoms with van der Waals surface area (Å²) in [5.74, 6) is -0.135. The maximum atomic E-state index is 13.8. The van der Waals surface area contributed by atoms with Crippen LogP contribution in [0.25, 0.3) is 10.9 Å². The molecule has 27 heavy (non-hydrogen) atoms. The van der Waals surface area contributed by atoms with Crippen molar-refractivity contribution in [1.82, 2.24) is 10.3 Å². The predicted molar refractivity (Wildman–Crippen MR) is 107 cm³/mol. The van der Waals surface area contributed by atoms with Crippen LogP contribution in [0.5, 0.6) is 0 Å². The number of carbonyl (C=O) groups excluding carboxylic acids is 1. The molecule has 3 rings (SSSR count). The normalized spacial score (nSPS) is 13.5. The zero-order chi connectivity index (χ0) is 19.4. The highest BCUT2D eigenvalue weighted by Gasteiger charge is 2.28. The molecule has 0 fully saturated rings. The molecule has 2 aromatic carbocycles. The van der Waals surface area contributed by atoms with Gasteiger partial charge in [-0.1, -0.05) is 56.3 Å². The first-order valence-electron chi connectivity index (χ1n) is 9.27. The molecule has 0 saturated heterocycles. The molecule has 0 aliphatic carbocycles. The van der Waals surface area contributed by atoms with E-state index >= 15 is 0 Å². The Morgan fingerprint density at radius 2 is 1.89 bits per heavy atom. The van der Waals surface area contributed by atoms with Crippen molar-refractivity contribution in [2.45, 2.75) is 39.2 Å². The topological polar surface area (TPSA) is 42.0 Å². The number of fused-ring (bicyclic) bond motifs is 1. The van der Waals surface area contributed by atoms with Crippen LogP contribution < -0.4 is 5.32 Å². The van der Waals surface area contributed by atoms with Crippen LogP contribution in [0, 0.1) is 11.7 Å². The molecular formula is C23H25FN2O. The van der Waals surface area contributed by atoms with E-state index in [4.69, 9.17) is 0 Å². The molecule has 0 saturated carbocycles. The number of amides is 1. The Morgan fingerprint density at radius 1 is 1.15 bits per heavy atom. The summed E-state index contributed by atoms with van der Waals surface area (Å²) >= 11 is 0. The number of carbonyl (C=O) groups is 1. The number of benzene rings is 2. The Bertz CT molecular complexity index is 940. The van der Waals surface area contributed by atoms with Gasteiger partial charge in [-0.15, -0.1) is 0 Å². The molecule has 0 aliphatic rings. The fraction of sp³-hybridized carbons (Fsp3) is 0.304. The van der Waals surface area contributed by atoms with Crippen LogP contribution in [0.15, 0.2) is 60.8 Å². The monoisotopic (exact) mass is 364 g/mol. The molecule has 3 aromatic rings. The second-order valence-electron chi connectivity index (χ2n) is 7.81. The zero-order valence-electron chi connectivity index (χ0n) is 16.0. The van der Waals surface area contributed by atoms with Crippen molar-refractivity contribution in [2.75, 3.05) is 0 Å². The highest BCUT2D eigenvalue weighted by atomic mass is 19.1. The molecule has 0 bridgehead atoms. The average molecular weight is 364 g/mol. The van der Waals surface area contributed by atoms with Crippen LogP contribution in [0.3, 0.4) is 0 Å². The van der Waals surface area contributed by atoms with Gasteiger partial charge in [-0.2, -0.15) is 0 Å². The highest BCUT2D eigenvalue weighted by molar-refractivity contribution is 5.97. The molecule has 1 heterocycles. The summed E-state index contributed by atoms with van der Waals surface area (Å²) in [6, 6.07) is 16.6. The number of nitrogens with zero attached hydrogens (tertiary/aromatic N) is 1. The van der Waals surface area contributed by atoms with Gasteiger partial charge in [0.2, 0.25) is 0 Å². The van der Waals surface area contributed by atoms with E-state index in [1.165, 1.54) is 17.8 Å². The SMILES string of the molecule is CC(C)C[C@](C)(Cc1ccccc1)NC(=O)c1cnc2c(F)cccc2c1. The zero-order valence-corrected chi connectivity index (χ0v) is 16.0. The van der Waals surface area contributed by atoms with Gasteiger partial charge in [-0.05, 0) is 43.4 Å². The second-order valence-corrected chi connectivity index (χ2v) is 7.81. The van der Waals surface area contributed by atoms with Gasteiger partial charge in [-0.3, -0.25) is 9.78 Å². The van der Waals surface area contributed by atoms with Gasteiger partial charge >= 0.3 is 0 Å². The number of aromatic nitrogens is 1. The van der Waals surface area contributed by atoms with Crippen molar-refractivity contribution in [3.63, 3.8) is 0 Å². The second kappa shape index (κ2) is 7.87. The summed E-state index contributed by atoms with van der Waals surface area (Å²) in [6.07, 6.45) is 3.04. The van der Waals surface area contributed by atoms with Crippen molar-refractivity contribution in [2.24, 2.45) is 5.92 Å². The molecule has 3 nitrogen and oxygen atoms in total. The molecule has 0 aliphatic heterocycles. The Labute approximate surface area is 159 Å². The molecule has 0 unspecified atom stereocenters. The van der Waals surface area contributed by atoms with Gasteiger partial charge < -0.3 is 5.32 Å². The van der Waals surface area contributed by atoms with E-state index in [9.17, 15) is 9.18 Å². The van der Waals surface area contributed by atoms with Gasteiger partial charge in [0.25, 0.3) is 5.91 Å². The van der Waals surface area contributed by atoms with E-state index in [1.54, 1.807) is 18.2 Å². The number of hydrogen-bond donors (Lipinski definition) is 1. The third-order valence-electron chi connectivity index (χ3n) is 4.64. The number of rotatable bonds is 6. The van der Waals surface area contributed by atoms with Crippen LogP contribution >= 0.6 is 0 Å². The molecule has 0 spiro atoms. The van der Waals surface area contributed by atoms with E-state index < -0.39 is 0 Å². The minimum absolute atomic E-state index is 0.187. The van der Waals surface area contributed by atoms with Gasteiger partial charge in [0.15, 0.2) is 0 Å². The Hall–Kier alpha value is -2.75. The standard InChI is InChI=1S/C23H25FN2O/c1-16(2)13-23(3,14-17-8-5-4-6-9-17)26-22(27)19-12-18-10-7-11-20(24)21(18)25-15-19/h4-12,15-16H,13-14H2,1-3H3,(H,26,27)/t23-/m1/s1. The van der Waals surface area contributed by atoms with Crippen LogP contribution in [0.1, 0.15) is 43.1 Å². The molecule has 1 N–H and O–H groups in total. The van der Waals surface area contributed by atoms with Crippen molar-refractivity contribution < 1.29 is 9.18 Å². The Kier molecular flexibility index (Phi) is 5.54. The van der Waals surface area contributed by atoms with Crippen molar-refractivity contribution in [1.29, 1.82) is 0 Å².